The molecule has 1 N–H and O–H groups in total. The zero-order chi connectivity index (χ0) is 14.4. The van der Waals surface area contributed by atoms with Crippen LogP contribution in [-0.4, -0.2) is 24.0 Å². The van der Waals surface area contributed by atoms with Gasteiger partial charge in [-0.1, -0.05) is 30.3 Å². The molecule has 0 atom stereocenters. The molecule has 2 aromatic carbocycles. The van der Waals surface area contributed by atoms with Gasteiger partial charge in [0, 0.05) is 28.9 Å². The van der Waals surface area contributed by atoms with Crippen molar-refractivity contribution in [1.29, 1.82) is 0 Å². The van der Waals surface area contributed by atoms with Crippen molar-refractivity contribution in [3.05, 3.63) is 54.2 Å². The van der Waals surface area contributed by atoms with Crippen LogP contribution in [0.25, 0.3) is 22.0 Å². The zero-order valence-corrected chi connectivity index (χ0v) is 12.2. The van der Waals surface area contributed by atoms with E-state index in [2.05, 4.69) is 72.8 Å². The Morgan fingerprint density at radius 3 is 2.67 bits per heavy atom. The minimum Gasteiger partial charge on any atom is -0.354 e. The highest BCUT2D eigenvalue weighted by Crippen LogP contribution is 2.42. The van der Waals surface area contributed by atoms with Gasteiger partial charge in [-0.15, -0.1) is 0 Å². The predicted octanol–water partition coefficient (Wildman–Crippen LogP) is 4.02. The Balaban J connectivity index is 2.04. The summed E-state index contributed by atoms with van der Waals surface area (Å²) in [5, 5.41) is 5.98. The summed E-state index contributed by atoms with van der Waals surface area (Å²) in [7, 11) is 4.15. The van der Waals surface area contributed by atoms with Crippen LogP contribution in [0.5, 0.6) is 0 Å². The highest BCUT2D eigenvalue weighted by Gasteiger charge is 2.19. The van der Waals surface area contributed by atoms with Crippen LogP contribution in [0.4, 0.5) is 11.4 Å². The molecule has 0 spiro atoms. The van der Waals surface area contributed by atoms with Crippen molar-refractivity contribution in [2.45, 2.75) is 6.54 Å². The number of benzene rings is 2. The smallest absolute Gasteiger partial charge is 0.0826 e. The molecule has 1 aliphatic heterocycles. The van der Waals surface area contributed by atoms with E-state index in [0.717, 1.165) is 29.3 Å². The van der Waals surface area contributed by atoms with E-state index in [-0.39, 0.29) is 0 Å². The van der Waals surface area contributed by atoms with Crippen LogP contribution in [0.3, 0.4) is 0 Å². The second-order valence-corrected chi connectivity index (χ2v) is 5.77. The molecule has 0 radical (unpaired) electrons. The summed E-state index contributed by atoms with van der Waals surface area (Å²) in [4.78, 5) is 7.08. The van der Waals surface area contributed by atoms with Gasteiger partial charge in [-0.2, -0.15) is 0 Å². The van der Waals surface area contributed by atoms with Gasteiger partial charge in [-0.05, 0) is 37.7 Å². The first kappa shape index (κ1) is 12.4. The molecule has 0 fully saturated rings. The lowest BCUT2D eigenvalue weighted by atomic mass is 9.96. The number of fused-ring (bicyclic) bond motifs is 2. The number of para-hydroxylation sites is 1. The highest BCUT2D eigenvalue weighted by molar-refractivity contribution is 6.09. The molecular weight excluding hydrogens is 258 g/mol. The van der Waals surface area contributed by atoms with E-state index in [1.54, 1.807) is 0 Å². The molecule has 4 rings (SSSR count). The van der Waals surface area contributed by atoms with E-state index in [4.69, 9.17) is 4.98 Å². The second-order valence-electron chi connectivity index (χ2n) is 5.77. The van der Waals surface area contributed by atoms with Crippen LogP contribution >= 0.6 is 0 Å². The largest absolute Gasteiger partial charge is 0.354 e. The molecule has 2 heterocycles. The van der Waals surface area contributed by atoms with E-state index in [1.807, 2.05) is 0 Å². The predicted molar refractivity (Wildman–Crippen MR) is 87.9 cm³/mol. The lowest BCUT2D eigenvalue weighted by molar-refractivity contribution is 0.397. The van der Waals surface area contributed by atoms with Gasteiger partial charge < -0.3 is 10.2 Å². The maximum Gasteiger partial charge on any atom is 0.0826 e. The first-order valence-corrected chi connectivity index (χ1v) is 7.16. The van der Waals surface area contributed by atoms with E-state index in [0.29, 0.717) is 0 Å². The quantitative estimate of drug-likeness (QED) is 0.599. The topological polar surface area (TPSA) is 28.2 Å². The lowest BCUT2D eigenvalue weighted by Gasteiger charge is -2.22. The minimum atomic E-state index is 0.850. The van der Waals surface area contributed by atoms with Gasteiger partial charge in [0.25, 0.3) is 0 Å². The molecule has 21 heavy (non-hydrogen) atoms. The van der Waals surface area contributed by atoms with Crippen molar-refractivity contribution in [1.82, 2.24) is 9.88 Å². The number of hydrogen-bond donors (Lipinski definition) is 1. The number of rotatable bonds is 2. The van der Waals surface area contributed by atoms with Crippen molar-refractivity contribution < 1.29 is 0 Å². The van der Waals surface area contributed by atoms with E-state index >= 15 is 0 Å². The Bertz CT molecular complexity index is 837. The molecule has 0 bridgehead atoms. The van der Waals surface area contributed by atoms with Crippen molar-refractivity contribution >= 4 is 22.1 Å². The summed E-state index contributed by atoms with van der Waals surface area (Å²) in [5.74, 6) is 0. The van der Waals surface area contributed by atoms with Gasteiger partial charge in [0.05, 0.1) is 11.4 Å². The zero-order valence-electron chi connectivity index (χ0n) is 12.2. The molecule has 3 heteroatoms. The second kappa shape index (κ2) is 4.57. The molecule has 3 nitrogen and oxygen atoms in total. The third-order valence-corrected chi connectivity index (χ3v) is 3.84. The van der Waals surface area contributed by atoms with Gasteiger partial charge in [0.2, 0.25) is 0 Å². The average molecular weight is 275 g/mol. The number of aromatic nitrogens is 1. The van der Waals surface area contributed by atoms with E-state index in [9.17, 15) is 0 Å². The molecule has 0 saturated carbocycles. The van der Waals surface area contributed by atoms with Crippen LogP contribution in [0.15, 0.2) is 48.5 Å². The van der Waals surface area contributed by atoms with Crippen LogP contribution in [0, 0.1) is 0 Å². The summed E-state index contributed by atoms with van der Waals surface area (Å²) in [6.07, 6.45) is 0. The van der Waals surface area contributed by atoms with Crippen molar-refractivity contribution in [3.8, 4) is 11.3 Å². The van der Waals surface area contributed by atoms with E-state index < -0.39 is 0 Å². The first-order chi connectivity index (χ1) is 10.2. The Hall–Kier alpha value is -2.39. The van der Waals surface area contributed by atoms with Gasteiger partial charge in [0.15, 0.2) is 0 Å². The third-order valence-electron chi connectivity index (χ3n) is 3.84. The van der Waals surface area contributed by atoms with Crippen molar-refractivity contribution in [2.75, 3.05) is 19.4 Å². The van der Waals surface area contributed by atoms with E-state index in [1.165, 1.54) is 16.3 Å². The fraction of sp³-hybridized carbons (Fsp3) is 0.167. The Morgan fingerprint density at radius 1 is 1.00 bits per heavy atom. The number of nitrogens with zero attached hydrogens (tertiary/aromatic N) is 2. The standard InChI is InChI=1S/C18H17N3/c1-21(2)11-13-10-12-6-5-9-16-17(12)18(19-13)14-7-3-4-8-15(14)20-16/h3-10,20H,11H2,1-2H3. The lowest BCUT2D eigenvalue weighted by Crippen LogP contribution is -2.13. The molecule has 1 aliphatic rings. The fourth-order valence-corrected chi connectivity index (χ4v) is 3.01. The van der Waals surface area contributed by atoms with Crippen molar-refractivity contribution in [3.63, 3.8) is 0 Å². The molecule has 0 amide bonds. The average Bonchev–Trinajstić information content (AvgIpc) is 2.47. The van der Waals surface area contributed by atoms with Gasteiger partial charge >= 0.3 is 0 Å². The summed E-state index contributed by atoms with van der Waals surface area (Å²) in [6.45, 7) is 0.850. The van der Waals surface area contributed by atoms with Crippen LogP contribution in [0.1, 0.15) is 5.69 Å². The molecule has 1 aromatic heterocycles. The number of anilines is 2. The molecule has 0 saturated heterocycles. The Labute approximate surface area is 124 Å². The first-order valence-electron chi connectivity index (χ1n) is 7.16. The minimum absolute atomic E-state index is 0.850. The van der Waals surface area contributed by atoms with Crippen LogP contribution in [0.2, 0.25) is 0 Å². The fourth-order valence-electron chi connectivity index (χ4n) is 3.01. The Kier molecular flexibility index (Phi) is 2.69. The molecule has 0 unspecified atom stereocenters. The molecule has 3 aromatic rings. The summed E-state index contributed by atoms with van der Waals surface area (Å²) in [6, 6.07) is 17.0. The summed E-state index contributed by atoms with van der Waals surface area (Å²) in [5.41, 5.74) is 5.66. The molecule has 104 valence electrons. The monoisotopic (exact) mass is 275 g/mol. The van der Waals surface area contributed by atoms with Gasteiger partial charge in [0.1, 0.15) is 0 Å². The van der Waals surface area contributed by atoms with Crippen LogP contribution < -0.4 is 5.32 Å². The number of nitrogens with one attached hydrogen (secondary N) is 1. The number of pyridine rings is 1. The Morgan fingerprint density at radius 2 is 1.81 bits per heavy atom. The number of hydrogen-bond acceptors (Lipinski definition) is 3. The van der Waals surface area contributed by atoms with Crippen molar-refractivity contribution in [2.24, 2.45) is 0 Å². The van der Waals surface area contributed by atoms with Gasteiger partial charge in [-0.25, -0.2) is 0 Å². The normalized spacial score (nSPS) is 12.3. The molecule has 0 aliphatic carbocycles. The summed E-state index contributed by atoms with van der Waals surface area (Å²) >= 11 is 0. The SMILES string of the molecule is CN(C)Cc1cc2cccc3c2c(n1)-c1ccccc1N3. The summed E-state index contributed by atoms with van der Waals surface area (Å²) < 4.78 is 0. The van der Waals surface area contributed by atoms with Crippen LogP contribution in [-0.2, 0) is 6.54 Å². The third kappa shape index (κ3) is 1.98. The van der Waals surface area contributed by atoms with Gasteiger partial charge in [-0.3, -0.25) is 4.98 Å². The maximum absolute atomic E-state index is 4.93. The maximum atomic E-state index is 4.93. The highest BCUT2D eigenvalue weighted by atomic mass is 15.1. The molecular formula is C18H17N3.